The fourth-order valence-electron chi connectivity index (χ4n) is 1.67. The molecule has 2 aromatic rings. The maximum Gasteiger partial charge on any atom is 0.246 e. The first-order chi connectivity index (χ1) is 9.34. The molecule has 0 atom stereocenters. The van der Waals surface area contributed by atoms with Gasteiger partial charge in [0.2, 0.25) is 5.91 Å². The minimum Gasteiger partial charge on any atom is -0.367 e. The number of amides is 1. The second-order valence-corrected chi connectivity index (χ2v) is 5.19. The van der Waals surface area contributed by atoms with Gasteiger partial charge in [0.25, 0.3) is 0 Å². The van der Waals surface area contributed by atoms with Crippen LogP contribution in [-0.4, -0.2) is 19.1 Å². The van der Waals surface area contributed by atoms with Crippen molar-refractivity contribution in [3.63, 3.8) is 0 Å². The van der Waals surface area contributed by atoms with Gasteiger partial charge in [-0.1, -0.05) is 36.4 Å². The average Bonchev–Trinajstić information content (AvgIpc) is 2.93. The monoisotopic (exact) mass is 275 g/mol. The first-order valence-electron chi connectivity index (χ1n) is 6.25. The van der Waals surface area contributed by atoms with Crippen LogP contribution in [0.2, 0.25) is 0 Å². The van der Waals surface area contributed by atoms with Crippen LogP contribution in [-0.2, 0) is 22.6 Å². The van der Waals surface area contributed by atoms with Crippen molar-refractivity contribution in [3.05, 3.63) is 58.3 Å². The molecule has 0 aliphatic heterocycles. The maximum absolute atomic E-state index is 11.5. The van der Waals surface area contributed by atoms with E-state index in [4.69, 9.17) is 4.74 Å². The third-order valence-corrected chi connectivity index (χ3v) is 3.55. The molecule has 1 N–H and O–H groups in total. The molecule has 0 aliphatic carbocycles. The molecule has 0 aliphatic rings. The molecule has 0 saturated heterocycles. The van der Waals surface area contributed by atoms with E-state index in [9.17, 15) is 4.79 Å². The first-order valence-corrected chi connectivity index (χ1v) is 7.13. The van der Waals surface area contributed by atoms with Crippen LogP contribution in [0, 0.1) is 0 Å². The molecule has 1 aromatic carbocycles. The average molecular weight is 275 g/mol. The fourth-order valence-corrected chi connectivity index (χ4v) is 2.38. The number of hydrogen-bond donors (Lipinski definition) is 1. The molecule has 0 spiro atoms. The van der Waals surface area contributed by atoms with E-state index in [1.807, 2.05) is 41.8 Å². The van der Waals surface area contributed by atoms with E-state index < -0.39 is 0 Å². The number of hydrogen-bond acceptors (Lipinski definition) is 3. The Bertz CT molecular complexity index is 482. The van der Waals surface area contributed by atoms with Crippen molar-refractivity contribution in [2.24, 2.45) is 0 Å². The molecular formula is C15H17NO2S. The molecule has 0 radical (unpaired) electrons. The number of thiophene rings is 1. The van der Waals surface area contributed by atoms with Gasteiger partial charge in [-0.25, -0.2) is 0 Å². The molecule has 0 fully saturated rings. The van der Waals surface area contributed by atoms with Gasteiger partial charge in [-0.15, -0.1) is 11.3 Å². The van der Waals surface area contributed by atoms with Gasteiger partial charge < -0.3 is 10.1 Å². The largest absolute Gasteiger partial charge is 0.367 e. The second-order valence-electron chi connectivity index (χ2n) is 4.16. The third kappa shape index (κ3) is 5.24. The van der Waals surface area contributed by atoms with Crippen LogP contribution in [0.1, 0.15) is 10.4 Å². The highest BCUT2D eigenvalue weighted by molar-refractivity contribution is 7.09. The van der Waals surface area contributed by atoms with Crippen LogP contribution in [0.15, 0.2) is 47.8 Å². The molecule has 1 aromatic heterocycles. The van der Waals surface area contributed by atoms with Crippen molar-refractivity contribution in [2.75, 3.05) is 13.2 Å². The Balaban J connectivity index is 1.57. The van der Waals surface area contributed by atoms with Crippen molar-refractivity contribution >= 4 is 17.2 Å². The minimum absolute atomic E-state index is 0.0625. The highest BCUT2D eigenvalue weighted by atomic mass is 32.1. The zero-order chi connectivity index (χ0) is 13.3. The van der Waals surface area contributed by atoms with Crippen LogP contribution in [0.3, 0.4) is 0 Å². The topological polar surface area (TPSA) is 38.3 Å². The van der Waals surface area contributed by atoms with Crippen LogP contribution in [0.25, 0.3) is 0 Å². The second kappa shape index (κ2) is 7.71. The predicted molar refractivity (Wildman–Crippen MR) is 77.1 cm³/mol. The Labute approximate surface area is 117 Å². The van der Waals surface area contributed by atoms with E-state index in [2.05, 4.69) is 11.4 Å². The minimum atomic E-state index is -0.0625. The molecule has 0 bridgehead atoms. The van der Waals surface area contributed by atoms with Crippen molar-refractivity contribution in [1.82, 2.24) is 5.32 Å². The van der Waals surface area contributed by atoms with E-state index in [1.165, 1.54) is 4.88 Å². The van der Waals surface area contributed by atoms with Crippen LogP contribution >= 0.6 is 11.3 Å². The Kier molecular flexibility index (Phi) is 5.59. The molecular weight excluding hydrogens is 258 g/mol. The molecule has 100 valence electrons. The SMILES string of the molecule is O=C(COCc1ccccc1)NCCc1cccs1. The third-order valence-electron chi connectivity index (χ3n) is 2.62. The van der Waals surface area contributed by atoms with Gasteiger partial charge in [0.05, 0.1) is 6.61 Å². The van der Waals surface area contributed by atoms with E-state index >= 15 is 0 Å². The van der Waals surface area contributed by atoms with Crippen molar-refractivity contribution in [2.45, 2.75) is 13.0 Å². The zero-order valence-corrected chi connectivity index (χ0v) is 11.5. The summed E-state index contributed by atoms with van der Waals surface area (Å²) in [6.07, 6.45) is 0.877. The Morgan fingerprint density at radius 2 is 2.00 bits per heavy atom. The standard InChI is InChI=1S/C15H17NO2S/c17-15(16-9-8-14-7-4-10-19-14)12-18-11-13-5-2-1-3-6-13/h1-7,10H,8-9,11-12H2,(H,16,17). The summed E-state index contributed by atoms with van der Waals surface area (Å²) in [6, 6.07) is 13.9. The lowest BCUT2D eigenvalue weighted by Gasteiger charge is -2.05. The molecule has 0 saturated carbocycles. The summed E-state index contributed by atoms with van der Waals surface area (Å²) < 4.78 is 5.36. The molecule has 0 unspecified atom stereocenters. The molecule has 2 rings (SSSR count). The lowest BCUT2D eigenvalue weighted by Crippen LogP contribution is -2.29. The lowest BCUT2D eigenvalue weighted by atomic mass is 10.2. The van der Waals surface area contributed by atoms with Crippen molar-refractivity contribution < 1.29 is 9.53 Å². The number of rotatable bonds is 7. The van der Waals surface area contributed by atoms with Crippen molar-refractivity contribution in [3.8, 4) is 0 Å². The number of carbonyl (C=O) groups excluding carboxylic acids is 1. The van der Waals surface area contributed by atoms with Crippen molar-refractivity contribution in [1.29, 1.82) is 0 Å². The number of nitrogens with one attached hydrogen (secondary N) is 1. The molecule has 4 heteroatoms. The summed E-state index contributed by atoms with van der Waals surface area (Å²) in [5.74, 6) is -0.0625. The maximum atomic E-state index is 11.5. The van der Waals surface area contributed by atoms with Gasteiger partial charge in [0, 0.05) is 11.4 Å². The van der Waals surface area contributed by atoms with E-state index in [-0.39, 0.29) is 12.5 Å². The van der Waals surface area contributed by atoms with Crippen LogP contribution in [0.5, 0.6) is 0 Å². The van der Waals surface area contributed by atoms with E-state index in [0.29, 0.717) is 13.2 Å². The summed E-state index contributed by atoms with van der Waals surface area (Å²) in [5.41, 5.74) is 1.08. The Morgan fingerprint density at radius 1 is 1.16 bits per heavy atom. The molecule has 1 amide bonds. The summed E-state index contributed by atoms with van der Waals surface area (Å²) >= 11 is 1.71. The predicted octanol–water partition coefficient (Wildman–Crippen LogP) is 2.62. The number of ether oxygens (including phenoxy) is 1. The smallest absolute Gasteiger partial charge is 0.246 e. The van der Waals surface area contributed by atoms with E-state index in [0.717, 1.165) is 12.0 Å². The summed E-state index contributed by atoms with van der Waals surface area (Å²) in [6.45, 7) is 1.24. The van der Waals surface area contributed by atoms with E-state index in [1.54, 1.807) is 11.3 Å². The zero-order valence-electron chi connectivity index (χ0n) is 10.7. The Morgan fingerprint density at radius 3 is 2.74 bits per heavy atom. The van der Waals surface area contributed by atoms with Gasteiger partial charge in [0.15, 0.2) is 0 Å². The van der Waals surface area contributed by atoms with Crippen LogP contribution in [0.4, 0.5) is 0 Å². The van der Waals surface area contributed by atoms with Gasteiger partial charge in [0.1, 0.15) is 6.61 Å². The normalized spacial score (nSPS) is 10.3. The lowest BCUT2D eigenvalue weighted by molar-refractivity contribution is -0.126. The molecule has 19 heavy (non-hydrogen) atoms. The quantitative estimate of drug-likeness (QED) is 0.843. The van der Waals surface area contributed by atoms with Gasteiger partial charge in [-0.05, 0) is 23.4 Å². The molecule has 1 heterocycles. The van der Waals surface area contributed by atoms with Crippen LogP contribution < -0.4 is 5.32 Å². The van der Waals surface area contributed by atoms with Gasteiger partial charge in [-0.3, -0.25) is 4.79 Å². The Hall–Kier alpha value is -1.65. The van der Waals surface area contributed by atoms with Gasteiger partial charge in [-0.2, -0.15) is 0 Å². The number of benzene rings is 1. The molecule has 3 nitrogen and oxygen atoms in total. The number of carbonyl (C=O) groups is 1. The summed E-state index contributed by atoms with van der Waals surface area (Å²) in [5, 5.41) is 4.89. The highest BCUT2D eigenvalue weighted by Gasteiger charge is 2.01. The first kappa shape index (κ1) is 13.8. The highest BCUT2D eigenvalue weighted by Crippen LogP contribution is 2.08. The van der Waals surface area contributed by atoms with Gasteiger partial charge >= 0.3 is 0 Å². The summed E-state index contributed by atoms with van der Waals surface area (Å²) in [7, 11) is 0. The fraction of sp³-hybridized carbons (Fsp3) is 0.267. The summed E-state index contributed by atoms with van der Waals surface area (Å²) in [4.78, 5) is 12.8.